The van der Waals surface area contributed by atoms with Crippen LogP contribution in [0.1, 0.15) is 31.6 Å². The fourth-order valence-corrected chi connectivity index (χ4v) is 5.25. The highest BCUT2D eigenvalue weighted by Gasteiger charge is 2.41. The molecule has 96 valence electrons. The molecule has 0 atom stereocenters. The second kappa shape index (κ2) is 4.35. The highest BCUT2D eigenvalue weighted by molar-refractivity contribution is 7.89. The third kappa shape index (κ3) is 2.27. The minimum absolute atomic E-state index is 0.274. The molecular formula is C11H18N2O2S2. The van der Waals surface area contributed by atoms with Crippen molar-refractivity contribution < 1.29 is 8.42 Å². The summed E-state index contributed by atoms with van der Waals surface area (Å²) in [6, 6.07) is 1.69. The Hall–Kier alpha value is -0.430. The average molecular weight is 274 g/mol. The van der Waals surface area contributed by atoms with E-state index in [9.17, 15) is 8.42 Å². The van der Waals surface area contributed by atoms with Gasteiger partial charge in [0.25, 0.3) is 0 Å². The van der Waals surface area contributed by atoms with Gasteiger partial charge in [0.2, 0.25) is 10.0 Å². The van der Waals surface area contributed by atoms with Gasteiger partial charge in [-0.05, 0) is 32.8 Å². The van der Waals surface area contributed by atoms with Crippen molar-refractivity contribution >= 4 is 21.4 Å². The van der Waals surface area contributed by atoms with Crippen LogP contribution in [-0.4, -0.2) is 24.8 Å². The average Bonchev–Trinajstić information content (AvgIpc) is 2.83. The van der Waals surface area contributed by atoms with Crippen LogP contribution in [0.2, 0.25) is 0 Å². The maximum absolute atomic E-state index is 12.5. The number of nitrogens with zero attached hydrogens (tertiary/aromatic N) is 1. The maximum atomic E-state index is 12.5. The van der Waals surface area contributed by atoms with Gasteiger partial charge in [-0.25, -0.2) is 8.42 Å². The molecule has 0 amide bonds. The molecule has 4 nitrogen and oxygen atoms in total. The van der Waals surface area contributed by atoms with Crippen LogP contribution in [-0.2, 0) is 16.6 Å². The summed E-state index contributed by atoms with van der Waals surface area (Å²) in [5.41, 5.74) is 5.24. The van der Waals surface area contributed by atoms with Gasteiger partial charge in [-0.3, -0.25) is 0 Å². The Morgan fingerprint density at radius 2 is 2.24 bits per heavy atom. The van der Waals surface area contributed by atoms with Crippen LogP contribution in [0, 0.1) is 0 Å². The van der Waals surface area contributed by atoms with Gasteiger partial charge in [0, 0.05) is 28.9 Å². The lowest BCUT2D eigenvalue weighted by Gasteiger charge is -2.30. The van der Waals surface area contributed by atoms with E-state index in [0.29, 0.717) is 18.0 Å². The topological polar surface area (TPSA) is 63.4 Å². The van der Waals surface area contributed by atoms with E-state index in [1.54, 1.807) is 15.8 Å². The summed E-state index contributed by atoms with van der Waals surface area (Å²) in [6.45, 7) is 4.97. The molecule has 0 unspecified atom stereocenters. The van der Waals surface area contributed by atoms with Gasteiger partial charge in [0.05, 0.1) is 4.90 Å². The Morgan fingerprint density at radius 3 is 2.71 bits per heavy atom. The molecule has 0 aromatic carbocycles. The van der Waals surface area contributed by atoms with E-state index >= 15 is 0 Å². The van der Waals surface area contributed by atoms with E-state index in [-0.39, 0.29) is 5.54 Å². The van der Waals surface area contributed by atoms with Crippen LogP contribution >= 0.6 is 11.3 Å². The van der Waals surface area contributed by atoms with Crippen molar-refractivity contribution in [1.82, 2.24) is 4.31 Å². The number of hydrogen-bond donors (Lipinski definition) is 1. The van der Waals surface area contributed by atoms with Gasteiger partial charge >= 0.3 is 0 Å². The van der Waals surface area contributed by atoms with Gasteiger partial charge in [-0.2, -0.15) is 4.31 Å². The van der Waals surface area contributed by atoms with Crippen molar-refractivity contribution in [2.24, 2.45) is 5.73 Å². The standard InChI is InChI=1S/C11H18N2O2S2/c1-11(2)4-3-5-13(11)17(14,15)10-6-9(7-12)16-8-10/h6,8H,3-5,7,12H2,1-2H3. The molecule has 2 rings (SSSR count). The SMILES string of the molecule is CC1(C)CCCN1S(=O)(=O)c1csc(CN)c1. The predicted molar refractivity (Wildman–Crippen MR) is 69.4 cm³/mol. The van der Waals surface area contributed by atoms with Gasteiger partial charge in [0.15, 0.2) is 0 Å². The summed E-state index contributed by atoms with van der Waals surface area (Å²) >= 11 is 1.40. The maximum Gasteiger partial charge on any atom is 0.244 e. The lowest BCUT2D eigenvalue weighted by Crippen LogP contribution is -2.42. The number of rotatable bonds is 3. The number of thiophene rings is 1. The summed E-state index contributed by atoms with van der Waals surface area (Å²) in [6.07, 6.45) is 1.85. The highest BCUT2D eigenvalue weighted by atomic mass is 32.2. The highest BCUT2D eigenvalue weighted by Crippen LogP contribution is 2.34. The van der Waals surface area contributed by atoms with E-state index in [4.69, 9.17) is 5.73 Å². The summed E-state index contributed by atoms with van der Waals surface area (Å²) in [7, 11) is -3.35. The van der Waals surface area contributed by atoms with Crippen molar-refractivity contribution in [3.05, 3.63) is 16.3 Å². The molecule has 0 bridgehead atoms. The number of nitrogens with two attached hydrogens (primary N) is 1. The van der Waals surface area contributed by atoms with Crippen LogP contribution < -0.4 is 5.73 Å². The number of sulfonamides is 1. The van der Waals surface area contributed by atoms with Crippen molar-refractivity contribution in [2.45, 2.75) is 43.7 Å². The molecule has 1 saturated heterocycles. The summed E-state index contributed by atoms with van der Waals surface area (Å²) in [4.78, 5) is 1.29. The van der Waals surface area contributed by atoms with Crippen molar-refractivity contribution in [3.63, 3.8) is 0 Å². The van der Waals surface area contributed by atoms with Crippen molar-refractivity contribution in [3.8, 4) is 0 Å². The molecule has 0 radical (unpaired) electrons. The lowest BCUT2D eigenvalue weighted by atomic mass is 10.0. The molecule has 1 aliphatic rings. The fourth-order valence-electron chi connectivity index (χ4n) is 2.26. The molecule has 1 aromatic rings. The van der Waals surface area contributed by atoms with Gasteiger partial charge in [-0.1, -0.05) is 0 Å². The fraction of sp³-hybridized carbons (Fsp3) is 0.636. The molecule has 1 aliphatic heterocycles. The minimum atomic E-state index is -3.35. The zero-order valence-corrected chi connectivity index (χ0v) is 11.8. The largest absolute Gasteiger partial charge is 0.326 e. The quantitative estimate of drug-likeness (QED) is 0.913. The molecule has 0 saturated carbocycles. The Labute approximate surface area is 106 Å². The van der Waals surface area contributed by atoms with E-state index < -0.39 is 10.0 Å². The zero-order valence-electron chi connectivity index (χ0n) is 10.1. The zero-order chi connectivity index (χ0) is 12.7. The Kier molecular flexibility index (Phi) is 3.33. The molecule has 1 aromatic heterocycles. The first kappa shape index (κ1) is 13.0. The molecule has 0 aliphatic carbocycles. The van der Waals surface area contributed by atoms with Gasteiger partial charge < -0.3 is 5.73 Å². The Balaban J connectivity index is 2.36. The predicted octanol–water partition coefficient (Wildman–Crippen LogP) is 1.77. The van der Waals surface area contributed by atoms with Crippen LogP contribution in [0.4, 0.5) is 0 Å². The van der Waals surface area contributed by atoms with Crippen LogP contribution in [0.15, 0.2) is 16.3 Å². The second-order valence-corrected chi connectivity index (χ2v) is 7.80. The third-order valence-corrected chi connectivity index (χ3v) is 6.44. The molecule has 2 heterocycles. The van der Waals surface area contributed by atoms with Gasteiger partial charge in [0.1, 0.15) is 0 Å². The summed E-state index contributed by atoms with van der Waals surface area (Å²) in [5, 5.41) is 1.69. The van der Waals surface area contributed by atoms with E-state index in [1.807, 2.05) is 13.8 Å². The Bertz CT molecular complexity index is 505. The monoisotopic (exact) mass is 274 g/mol. The molecule has 2 N–H and O–H groups in total. The Morgan fingerprint density at radius 1 is 1.53 bits per heavy atom. The van der Waals surface area contributed by atoms with E-state index in [1.165, 1.54) is 11.3 Å². The number of hydrogen-bond acceptors (Lipinski definition) is 4. The first-order valence-electron chi connectivity index (χ1n) is 5.68. The molecule has 1 fully saturated rings. The second-order valence-electron chi connectivity index (χ2n) is 4.95. The van der Waals surface area contributed by atoms with Crippen molar-refractivity contribution in [1.29, 1.82) is 0 Å². The molecule has 6 heteroatoms. The normalized spacial score (nSPS) is 20.9. The minimum Gasteiger partial charge on any atom is -0.326 e. The lowest BCUT2D eigenvalue weighted by molar-refractivity contribution is 0.292. The first-order chi connectivity index (χ1) is 7.88. The molecular weight excluding hydrogens is 256 g/mol. The van der Waals surface area contributed by atoms with Crippen LogP contribution in [0.25, 0.3) is 0 Å². The van der Waals surface area contributed by atoms with Gasteiger partial charge in [-0.15, -0.1) is 11.3 Å². The summed E-state index contributed by atoms with van der Waals surface area (Å²) in [5.74, 6) is 0. The molecule has 0 spiro atoms. The van der Waals surface area contributed by atoms with E-state index in [0.717, 1.165) is 17.7 Å². The van der Waals surface area contributed by atoms with Crippen LogP contribution in [0.5, 0.6) is 0 Å². The van der Waals surface area contributed by atoms with Crippen LogP contribution in [0.3, 0.4) is 0 Å². The van der Waals surface area contributed by atoms with E-state index in [2.05, 4.69) is 0 Å². The smallest absolute Gasteiger partial charge is 0.244 e. The first-order valence-corrected chi connectivity index (χ1v) is 8.00. The van der Waals surface area contributed by atoms with Crippen molar-refractivity contribution in [2.75, 3.05) is 6.54 Å². The summed E-state index contributed by atoms with van der Waals surface area (Å²) < 4.78 is 26.6. The third-order valence-electron chi connectivity index (χ3n) is 3.24. The molecule has 17 heavy (non-hydrogen) atoms.